The van der Waals surface area contributed by atoms with Crippen LogP contribution >= 0.6 is 0 Å². The number of rotatable bonds is 3. The average molecular weight is 236 g/mol. The summed E-state index contributed by atoms with van der Waals surface area (Å²) in [5.41, 5.74) is -0.534. The minimum Gasteiger partial charge on any atom is -0.505 e. The number of aromatic nitrogens is 1. The molecule has 0 aromatic carbocycles. The van der Waals surface area contributed by atoms with E-state index in [4.69, 9.17) is 0 Å². The quantitative estimate of drug-likeness (QED) is 0.725. The second kappa shape index (κ2) is 4.71. The first-order valence-corrected chi connectivity index (χ1v) is 5.74. The average Bonchev–Trinajstić information content (AvgIpc) is 2.79. The zero-order valence-electron chi connectivity index (χ0n) is 9.52. The van der Waals surface area contributed by atoms with Gasteiger partial charge in [-0.15, -0.1) is 0 Å². The SMILES string of the molecule is O=C(NC1(CO)CCCC1)c1ncccc1O. The van der Waals surface area contributed by atoms with E-state index in [1.54, 1.807) is 6.07 Å². The first kappa shape index (κ1) is 11.9. The summed E-state index contributed by atoms with van der Waals surface area (Å²) in [4.78, 5) is 15.8. The lowest BCUT2D eigenvalue weighted by molar-refractivity contribution is 0.0830. The summed E-state index contributed by atoms with van der Waals surface area (Å²) in [5.74, 6) is -0.574. The molecule has 0 spiro atoms. The zero-order valence-corrected chi connectivity index (χ0v) is 9.52. The van der Waals surface area contributed by atoms with Crippen LogP contribution in [0.4, 0.5) is 0 Å². The Morgan fingerprint density at radius 2 is 2.18 bits per heavy atom. The number of hydrogen-bond acceptors (Lipinski definition) is 4. The van der Waals surface area contributed by atoms with Gasteiger partial charge in [-0.3, -0.25) is 4.79 Å². The molecule has 5 heteroatoms. The molecule has 1 aliphatic carbocycles. The summed E-state index contributed by atoms with van der Waals surface area (Å²) < 4.78 is 0. The molecule has 1 saturated carbocycles. The molecule has 1 fully saturated rings. The molecule has 2 rings (SSSR count). The predicted octanol–water partition coefficient (Wildman–Crippen LogP) is 0.822. The molecule has 0 radical (unpaired) electrons. The van der Waals surface area contributed by atoms with Crippen molar-refractivity contribution < 1.29 is 15.0 Å². The van der Waals surface area contributed by atoms with E-state index in [9.17, 15) is 15.0 Å². The maximum absolute atomic E-state index is 11.9. The minimum absolute atomic E-state index is 0.00669. The maximum Gasteiger partial charge on any atom is 0.274 e. The third-order valence-corrected chi connectivity index (χ3v) is 3.24. The van der Waals surface area contributed by atoms with Gasteiger partial charge in [0.25, 0.3) is 5.91 Å². The molecule has 0 unspecified atom stereocenters. The van der Waals surface area contributed by atoms with Gasteiger partial charge < -0.3 is 15.5 Å². The van der Waals surface area contributed by atoms with Crippen LogP contribution in [0.2, 0.25) is 0 Å². The van der Waals surface area contributed by atoms with Gasteiger partial charge in [0.1, 0.15) is 5.75 Å². The van der Waals surface area contributed by atoms with E-state index in [1.165, 1.54) is 12.3 Å². The number of aromatic hydroxyl groups is 1. The van der Waals surface area contributed by atoms with E-state index >= 15 is 0 Å². The molecule has 5 nitrogen and oxygen atoms in total. The van der Waals surface area contributed by atoms with Gasteiger partial charge in [0, 0.05) is 6.20 Å². The molecule has 3 N–H and O–H groups in total. The van der Waals surface area contributed by atoms with Crippen molar-refractivity contribution in [1.82, 2.24) is 10.3 Å². The van der Waals surface area contributed by atoms with Gasteiger partial charge in [0.15, 0.2) is 5.69 Å². The molecule has 1 aromatic heterocycles. The zero-order chi connectivity index (χ0) is 12.3. The Morgan fingerprint density at radius 1 is 1.47 bits per heavy atom. The lowest BCUT2D eigenvalue weighted by atomic mass is 9.98. The Labute approximate surface area is 99.5 Å². The van der Waals surface area contributed by atoms with Gasteiger partial charge in [-0.2, -0.15) is 0 Å². The van der Waals surface area contributed by atoms with Crippen LogP contribution in [0.25, 0.3) is 0 Å². The standard InChI is InChI=1S/C12H16N2O3/c15-8-12(5-1-2-6-12)14-11(17)10-9(16)4-3-7-13-10/h3-4,7,15-16H,1-2,5-6,8H2,(H,14,17). The normalized spacial score (nSPS) is 17.9. The summed E-state index contributed by atoms with van der Waals surface area (Å²) >= 11 is 0. The molecule has 0 saturated heterocycles. The van der Waals surface area contributed by atoms with Gasteiger partial charge in [-0.05, 0) is 25.0 Å². The number of pyridine rings is 1. The second-order valence-electron chi connectivity index (χ2n) is 4.47. The topological polar surface area (TPSA) is 82.5 Å². The molecule has 1 amide bonds. The Hall–Kier alpha value is -1.62. The Kier molecular flexibility index (Phi) is 3.28. The van der Waals surface area contributed by atoms with Gasteiger partial charge in [-0.1, -0.05) is 12.8 Å². The van der Waals surface area contributed by atoms with Gasteiger partial charge in [-0.25, -0.2) is 4.98 Å². The summed E-state index contributed by atoms with van der Waals surface area (Å²) in [6, 6.07) is 2.98. The van der Waals surface area contributed by atoms with E-state index in [-0.39, 0.29) is 18.1 Å². The van der Waals surface area contributed by atoms with E-state index < -0.39 is 11.4 Å². The molecule has 1 heterocycles. The number of carbonyl (C=O) groups excluding carboxylic acids is 1. The van der Waals surface area contributed by atoms with Crippen LogP contribution in [0.5, 0.6) is 5.75 Å². The van der Waals surface area contributed by atoms with Crippen molar-refractivity contribution in [3.8, 4) is 5.75 Å². The Bertz CT molecular complexity index is 414. The fourth-order valence-corrected chi connectivity index (χ4v) is 2.25. The van der Waals surface area contributed by atoms with E-state index in [0.29, 0.717) is 0 Å². The fourth-order valence-electron chi connectivity index (χ4n) is 2.25. The van der Waals surface area contributed by atoms with Crippen LogP contribution in [0.15, 0.2) is 18.3 Å². The van der Waals surface area contributed by atoms with E-state index in [2.05, 4.69) is 10.3 Å². The number of aliphatic hydroxyl groups is 1. The smallest absolute Gasteiger partial charge is 0.274 e. The highest BCUT2D eigenvalue weighted by Crippen LogP contribution is 2.29. The third kappa shape index (κ3) is 2.39. The fraction of sp³-hybridized carbons (Fsp3) is 0.500. The highest BCUT2D eigenvalue weighted by atomic mass is 16.3. The molecule has 0 aliphatic heterocycles. The molecule has 0 bridgehead atoms. The summed E-state index contributed by atoms with van der Waals surface area (Å²) in [6.45, 7) is -0.0770. The number of carbonyl (C=O) groups is 1. The van der Waals surface area contributed by atoms with Crippen LogP contribution in [0, 0.1) is 0 Å². The second-order valence-corrected chi connectivity index (χ2v) is 4.47. The first-order chi connectivity index (χ1) is 8.17. The van der Waals surface area contributed by atoms with Crippen molar-refractivity contribution in [3.05, 3.63) is 24.0 Å². The summed E-state index contributed by atoms with van der Waals surface area (Å²) in [7, 11) is 0. The molecule has 92 valence electrons. The van der Waals surface area contributed by atoms with Crippen molar-refractivity contribution in [2.75, 3.05) is 6.61 Å². The number of hydrogen-bond donors (Lipinski definition) is 3. The molecule has 17 heavy (non-hydrogen) atoms. The number of aliphatic hydroxyl groups excluding tert-OH is 1. The van der Waals surface area contributed by atoms with Crippen molar-refractivity contribution in [2.45, 2.75) is 31.2 Å². The first-order valence-electron chi connectivity index (χ1n) is 5.74. The van der Waals surface area contributed by atoms with Gasteiger partial charge in [0.2, 0.25) is 0 Å². The molecular weight excluding hydrogens is 220 g/mol. The molecule has 1 aromatic rings. The predicted molar refractivity (Wildman–Crippen MR) is 61.7 cm³/mol. The van der Waals surface area contributed by atoms with Crippen molar-refractivity contribution in [3.63, 3.8) is 0 Å². The van der Waals surface area contributed by atoms with Crippen LogP contribution in [-0.4, -0.2) is 33.3 Å². The van der Waals surface area contributed by atoms with Crippen molar-refractivity contribution in [2.24, 2.45) is 0 Å². The van der Waals surface area contributed by atoms with Crippen molar-refractivity contribution >= 4 is 5.91 Å². The highest BCUT2D eigenvalue weighted by Gasteiger charge is 2.35. The largest absolute Gasteiger partial charge is 0.505 e. The van der Waals surface area contributed by atoms with Gasteiger partial charge >= 0.3 is 0 Å². The Balaban J connectivity index is 2.14. The Morgan fingerprint density at radius 3 is 2.76 bits per heavy atom. The van der Waals surface area contributed by atoms with Crippen LogP contribution in [0.3, 0.4) is 0 Å². The van der Waals surface area contributed by atoms with E-state index in [1.807, 2.05) is 0 Å². The number of amides is 1. The summed E-state index contributed by atoms with van der Waals surface area (Å²) in [6.07, 6.45) is 4.98. The highest BCUT2D eigenvalue weighted by molar-refractivity contribution is 5.95. The number of nitrogens with one attached hydrogen (secondary N) is 1. The van der Waals surface area contributed by atoms with Crippen LogP contribution in [-0.2, 0) is 0 Å². The molecule has 1 aliphatic rings. The lowest BCUT2D eigenvalue weighted by Crippen LogP contribution is -2.49. The lowest BCUT2D eigenvalue weighted by Gasteiger charge is -2.27. The van der Waals surface area contributed by atoms with Crippen LogP contribution in [0.1, 0.15) is 36.2 Å². The maximum atomic E-state index is 11.9. The minimum atomic E-state index is -0.541. The number of nitrogens with zero attached hydrogens (tertiary/aromatic N) is 1. The molecule has 0 atom stereocenters. The van der Waals surface area contributed by atoms with Crippen LogP contribution < -0.4 is 5.32 Å². The third-order valence-electron chi connectivity index (χ3n) is 3.24. The van der Waals surface area contributed by atoms with E-state index in [0.717, 1.165) is 25.7 Å². The molecular formula is C12H16N2O3. The monoisotopic (exact) mass is 236 g/mol. The van der Waals surface area contributed by atoms with Gasteiger partial charge in [0.05, 0.1) is 12.1 Å². The van der Waals surface area contributed by atoms with Crippen molar-refractivity contribution in [1.29, 1.82) is 0 Å². The summed E-state index contributed by atoms with van der Waals surface area (Å²) in [5, 5.41) is 21.7.